The fourth-order valence-corrected chi connectivity index (χ4v) is 4.04. The summed E-state index contributed by atoms with van der Waals surface area (Å²) in [6.07, 6.45) is 8.35. The molecule has 1 N–H and O–H groups in total. The Labute approximate surface area is 157 Å². The zero-order valence-corrected chi connectivity index (χ0v) is 15.9. The van der Waals surface area contributed by atoms with Gasteiger partial charge >= 0.3 is 0 Å². The number of benzene rings is 1. The molecular weight excluding hydrogens is 351 g/mol. The van der Waals surface area contributed by atoms with E-state index in [1.54, 1.807) is 29.8 Å². The van der Waals surface area contributed by atoms with Crippen LogP contribution in [0.5, 0.6) is 0 Å². The van der Waals surface area contributed by atoms with E-state index in [1.165, 1.54) is 49.9 Å². The molecule has 2 aromatic rings. The second kappa shape index (κ2) is 9.16. The number of hydrogen-bond acceptors (Lipinski definition) is 4. The van der Waals surface area contributed by atoms with Crippen molar-refractivity contribution in [2.45, 2.75) is 56.1 Å². The Balaban J connectivity index is 1.56. The number of hydrogen-bond donors (Lipinski definition) is 1. The van der Waals surface area contributed by atoms with E-state index in [-0.39, 0.29) is 17.8 Å². The quantitative estimate of drug-likeness (QED) is 0.803. The molecule has 1 aromatic heterocycles. The van der Waals surface area contributed by atoms with Gasteiger partial charge in [-0.05, 0) is 25.0 Å². The molecule has 0 bridgehead atoms. The highest BCUT2D eigenvalue weighted by atomic mass is 32.2. The largest absolute Gasteiger partial charge is 0.353 e. The maximum Gasteiger partial charge on any atom is 0.230 e. The van der Waals surface area contributed by atoms with E-state index in [1.807, 2.05) is 0 Å². The summed E-state index contributed by atoms with van der Waals surface area (Å²) in [6, 6.07) is 6.78. The summed E-state index contributed by atoms with van der Waals surface area (Å²) in [6.45, 7) is 0. The first-order valence-corrected chi connectivity index (χ1v) is 10.2. The molecule has 1 aliphatic carbocycles. The van der Waals surface area contributed by atoms with Crippen LogP contribution in [0.3, 0.4) is 0 Å². The van der Waals surface area contributed by atoms with Crippen molar-refractivity contribution < 1.29 is 9.18 Å². The van der Waals surface area contributed by atoms with Crippen molar-refractivity contribution in [3.8, 4) is 11.4 Å². The molecule has 0 saturated heterocycles. The van der Waals surface area contributed by atoms with Crippen LogP contribution < -0.4 is 5.32 Å². The number of nitrogens with zero attached hydrogens (tertiary/aromatic N) is 3. The number of rotatable bonds is 5. The lowest BCUT2D eigenvalue weighted by Gasteiger charge is -2.20. The Morgan fingerprint density at radius 1 is 1.19 bits per heavy atom. The third-order valence-electron chi connectivity index (χ3n) is 4.75. The van der Waals surface area contributed by atoms with Crippen molar-refractivity contribution in [2.75, 3.05) is 5.75 Å². The normalized spacial score (nSPS) is 16.1. The molecule has 0 aliphatic heterocycles. The monoisotopic (exact) mass is 376 g/mol. The summed E-state index contributed by atoms with van der Waals surface area (Å²) in [5.41, 5.74) is 0.410. The summed E-state index contributed by atoms with van der Waals surface area (Å²) >= 11 is 1.33. The third kappa shape index (κ3) is 4.84. The summed E-state index contributed by atoms with van der Waals surface area (Å²) in [7, 11) is 1.79. The van der Waals surface area contributed by atoms with Gasteiger partial charge in [0.25, 0.3) is 0 Å². The topological polar surface area (TPSA) is 59.8 Å². The zero-order valence-electron chi connectivity index (χ0n) is 15.1. The molecule has 1 amide bonds. The van der Waals surface area contributed by atoms with E-state index in [0.29, 0.717) is 22.3 Å². The fourth-order valence-electron chi connectivity index (χ4n) is 3.32. The number of carbonyl (C=O) groups is 1. The van der Waals surface area contributed by atoms with Crippen LogP contribution in [-0.2, 0) is 11.8 Å². The summed E-state index contributed by atoms with van der Waals surface area (Å²) < 4.78 is 15.7. The fraction of sp³-hybridized carbons (Fsp3) is 0.526. The zero-order chi connectivity index (χ0) is 18.4. The van der Waals surface area contributed by atoms with Crippen LogP contribution in [0, 0.1) is 5.82 Å². The summed E-state index contributed by atoms with van der Waals surface area (Å²) in [5.74, 6) is 0.448. The van der Waals surface area contributed by atoms with Crippen molar-refractivity contribution >= 4 is 17.7 Å². The van der Waals surface area contributed by atoms with Gasteiger partial charge < -0.3 is 9.88 Å². The molecule has 1 aromatic carbocycles. The number of carbonyl (C=O) groups excluding carboxylic acids is 1. The van der Waals surface area contributed by atoms with Crippen LogP contribution in [-0.4, -0.2) is 32.5 Å². The minimum Gasteiger partial charge on any atom is -0.353 e. The number of amides is 1. The Morgan fingerprint density at radius 3 is 2.62 bits per heavy atom. The average Bonchev–Trinajstić information content (AvgIpc) is 2.96. The minimum absolute atomic E-state index is 0.0241. The molecule has 1 aliphatic rings. The Kier molecular flexibility index (Phi) is 6.66. The van der Waals surface area contributed by atoms with Gasteiger partial charge in [0.05, 0.1) is 11.3 Å². The van der Waals surface area contributed by atoms with Gasteiger partial charge in [-0.1, -0.05) is 56.0 Å². The maximum atomic E-state index is 13.9. The predicted molar refractivity (Wildman–Crippen MR) is 101 cm³/mol. The highest BCUT2D eigenvalue weighted by Crippen LogP contribution is 2.24. The standard InChI is InChI=1S/C19H25FN4OS/c1-24-18(15-11-7-8-12-16(15)20)22-23-19(24)26-13-17(25)21-14-9-5-3-2-4-6-10-14/h7-8,11-12,14H,2-6,9-10,13H2,1H3,(H,21,25). The number of nitrogens with one attached hydrogen (secondary N) is 1. The van der Waals surface area contributed by atoms with Crippen molar-refractivity contribution in [1.82, 2.24) is 20.1 Å². The minimum atomic E-state index is -0.332. The van der Waals surface area contributed by atoms with E-state index in [4.69, 9.17) is 0 Å². The van der Waals surface area contributed by atoms with Gasteiger partial charge in [0.15, 0.2) is 11.0 Å². The molecule has 1 fully saturated rings. The maximum absolute atomic E-state index is 13.9. The molecule has 0 radical (unpaired) electrons. The van der Waals surface area contributed by atoms with Crippen LogP contribution >= 0.6 is 11.8 Å². The van der Waals surface area contributed by atoms with E-state index in [2.05, 4.69) is 15.5 Å². The summed E-state index contributed by atoms with van der Waals surface area (Å²) in [5, 5.41) is 11.9. The predicted octanol–water partition coefficient (Wildman–Crippen LogP) is 3.94. The Hall–Kier alpha value is -1.89. The SMILES string of the molecule is Cn1c(SCC(=O)NC2CCCCCCC2)nnc1-c1ccccc1F. The van der Waals surface area contributed by atoms with Gasteiger partial charge in [-0.25, -0.2) is 4.39 Å². The second-order valence-electron chi connectivity index (χ2n) is 6.74. The first-order valence-electron chi connectivity index (χ1n) is 9.21. The lowest BCUT2D eigenvalue weighted by Crippen LogP contribution is -2.36. The number of halogens is 1. The van der Waals surface area contributed by atoms with Gasteiger partial charge in [0, 0.05) is 13.1 Å². The lowest BCUT2D eigenvalue weighted by molar-refractivity contribution is -0.119. The van der Waals surface area contributed by atoms with Crippen LogP contribution in [0.15, 0.2) is 29.4 Å². The molecular formula is C19H25FN4OS. The number of aromatic nitrogens is 3. The van der Waals surface area contributed by atoms with Gasteiger partial charge in [-0.2, -0.15) is 0 Å². The van der Waals surface area contributed by atoms with Gasteiger partial charge in [0.2, 0.25) is 5.91 Å². The molecule has 3 rings (SSSR count). The van der Waals surface area contributed by atoms with E-state index in [9.17, 15) is 9.18 Å². The van der Waals surface area contributed by atoms with Crippen molar-refractivity contribution in [3.63, 3.8) is 0 Å². The Morgan fingerprint density at radius 2 is 1.88 bits per heavy atom. The van der Waals surface area contributed by atoms with E-state index < -0.39 is 0 Å². The van der Waals surface area contributed by atoms with Crippen LogP contribution in [0.1, 0.15) is 44.9 Å². The van der Waals surface area contributed by atoms with Crippen molar-refractivity contribution in [1.29, 1.82) is 0 Å². The molecule has 26 heavy (non-hydrogen) atoms. The molecule has 0 spiro atoms. The van der Waals surface area contributed by atoms with E-state index in [0.717, 1.165) is 12.8 Å². The van der Waals surface area contributed by atoms with Crippen molar-refractivity contribution in [3.05, 3.63) is 30.1 Å². The van der Waals surface area contributed by atoms with E-state index >= 15 is 0 Å². The molecule has 1 heterocycles. The van der Waals surface area contributed by atoms with Crippen LogP contribution in [0.2, 0.25) is 0 Å². The van der Waals surface area contributed by atoms with Crippen LogP contribution in [0.25, 0.3) is 11.4 Å². The average molecular weight is 377 g/mol. The number of thioether (sulfide) groups is 1. The highest BCUT2D eigenvalue weighted by molar-refractivity contribution is 7.99. The highest BCUT2D eigenvalue weighted by Gasteiger charge is 2.17. The molecule has 0 atom stereocenters. The summed E-state index contributed by atoms with van der Waals surface area (Å²) in [4.78, 5) is 12.3. The molecule has 1 saturated carbocycles. The van der Waals surface area contributed by atoms with Gasteiger partial charge in [0.1, 0.15) is 5.82 Å². The molecule has 0 unspecified atom stereocenters. The van der Waals surface area contributed by atoms with Crippen molar-refractivity contribution in [2.24, 2.45) is 7.05 Å². The van der Waals surface area contributed by atoms with Crippen LogP contribution in [0.4, 0.5) is 4.39 Å². The first kappa shape index (κ1) is 18.9. The third-order valence-corrected chi connectivity index (χ3v) is 5.77. The smallest absolute Gasteiger partial charge is 0.230 e. The van der Waals surface area contributed by atoms with Gasteiger partial charge in [-0.3, -0.25) is 4.79 Å². The lowest BCUT2D eigenvalue weighted by atomic mass is 9.97. The molecule has 5 nitrogen and oxygen atoms in total. The molecule has 140 valence electrons. The Bertz CT molecular complexity index is 741. The first-order chi connectivity index (χ1) is 12.6. The molecule has 7 heteroatoms. The van der Waals surface area contributed by atoms with Gasteiger partial charge in [-0.15, -0.1) is 10.2 Å². The second-order valence-corrected chi connectivity index (χ2v) is 7.69.